The van der Waals surface area contributed by atoms with E-state index in [9.17, 15) is 0 Å². The van der Waals surface area contributed by atoms with Gasteiger partial charge in [-0.2, -0.15) is 5.10 Å². The highest BCUT2D eigenvalue weighted by Gasteiger charge is 2.52. The molecule has 0 amide bonds. The molecule has 4 nitrogen and oxygen atoms in total. The number of hydrogen-bond donors (Lipinski definition) is 0. The molecule has 2 rings (SSSR count). The van der Waals surface area contributed by atoms with Crippen LogP contribution < -0.4 is 5.46 Å². The van der Waals surface area contributed by atoms with E-state index in [2.05, 4.69) is 55.4 Å². The van der Waals surface area contributed by atoms with E-state index in [1.807, 2.05) is 17.9 Å². The number of nitrogens with zero attached hydrogens (tertiary/aromatic N) is 2. The van der Waals surface area contributed by atoms with Crippen LogP contribution >= 0.6 is 22.6 Å². The minimum Gasteiger partial charge on any atom is -0.399 e. The first-order valence-electron chi connectivity index (χ1n) is 5.28. The van der Waals surface area contributed by atoms with Gasteiger partial charge >= 0.3 is 7.12 Å². The average Bonchev–Trinajstić information content (AvgIpc) is 2.54. The summed E-state index contributed by atoms with van der Waals surface area (Å²) in [6.07, 6.45) is 1.81. The molecule has 1 aliphatic rings. The first-order chi connectivity index (χ1) is 7.24. The van der Waals surface area contributed by atoms with Gasteiger partial charge < -0.3 is 9.31 Å². The first kappa shape index (κ1) is 12.4. The van der Waals surface area contributed by atoms with Crippen LogP contribution in [0, 0.1) is 3.70 Å². The van der Waals surface area contributed by atoms with Crippen molar-refractivity contribution in [3.63, 3.8) is 0 Å². The zero-order valence-corrected chi connectivity index (χ0v) is 12.4. The largest absolute Gasteiger partial charge is 0.499 e. The van der Waals surface area contributed by atoms with Crippen molar-refractivity contribution in [2.24, 2.45) is 7.05 Å². The topological polar surface area (TPSA) is 36.3 Å². The van der Waals surface area contributed by atoms with Crippen LogP contribution in [0.1, 0.15) is 27.7 Å². The third kappa shape index (κ3) is 1.80. The Bertz CT molecular complexity index is 401. The van der Waals surface area contributed by atoms with E-state index in [1.165, 1.54) is 0 Å². The lowest BCUT2D eigenvalue weighted by atomic mass is 9.82. The standard InChI is InChI=1S/C10H16BIN2O2/c1-9(2)10(3,4)16-11(15-9)7-6-13-14(5)8(7)12/h6H,1-5H3. The average molecular weight is 334 g/mol. The summed E-state index contributed by atoms with van der Waals surface area (Å²) in [4.78, 5) is 0. The molecule has 1 aromatic rings. The van der Waals surface area contributed by atoms with Crippen molar-refractivity contribution in [3.8, 4) is 0 Å². The lowest BCUT2D eigenvalue weighted by molar-refractivity contribution is 0.00578. The summed E-state index contributed by atoms with van der Waals surface area (Å²) in [5.74, 6) is 0. The molecule has 0 radical (unpaired) electrons. The number of halogens is 1. The molecular formula is C10H16BIN2O2. The minimum absolute atomic E-state index is 0.295. The van der Waals surface area contributed by atoms with Gasteiger partial charge in [0.15, 0.2) is 0 Å². The Hall–Kier alpha value is -0.0751. The molecule has 0 atom stereocenters. The highest BCUT2D eigenvalue weighted by Crippen LogP contribution is 2.36. The molecule has 1 saturated heterocycles. The Kier molecular flexibility index (Phi) is 2.87. The Balaban J connectivity index is 2.30. The van der Waals surface area contributed by atoms with Crippen LogP contribution in [0.4, 0.5) is 0 Å². The smallest absolute Gasteiger partial charge is 0.399 e. The summed E-state index contributed by atoms with van der Waals surface area (Å²) in [7, 11) is 1.60. The van der Waals surface area contributed by atoms with Crippen molar-refractivity contribution in [3.05, 3.63) is 9.90 Å². The molecule has 88 valence electrons. The van der Waals surface area contributed by atoms with Gasteiger partial charge in [0, 0.05) is 18.7 Å². The van der Waals surface area contributed by atoms with Crippen LogP contribution in [-0.2, 0) is 16.4 Å². The predicted octanol–water partition coefficient (Wildman–Crippen LogP) is 1.32. The fourth-order valence-electron chi connectivity index (χ4n) is 1.57. The van der Waals surface area contributed by atoms with Crippen molar-refractivity contribution in [1.82, 2.24) is 9.78 Å². The predicted molar refractivity (Wildman–Crippen MR) is 71.6 cm³/mol. The molecule has 1 aliphatic heterocycles. The summed E-state index contributed by atoms with van der Waals surface area (Å²) < 4.78 is 14.8. The summed E-state index contributed by atoms with van der Waals surface area (Å²) in [5.41, 5.74) is 0.412. The molecule has 0 spiro atoms. The van der Waals surface area contributed by atoms with Gasteiger partial charge in [-0.3, -0.25) is 4.68 Å². The van der Waals surface area contributed by atoms with Gasteiger partial charge in [0.25, 0.3) is 0 Å². The Morgan fingerprint density at radius 3 is 2.12 bits per heavy atom. The van der Waals surface area contributed by atoms with Gasteiger partial charge in [0.1, 0.15) is 0 Å². The zero-order chi connectivity index (χ0) is 12.1. The van der Waals surface area contributed by atoms with E-state index >= 15 is 0 Å². The maximum Gasteiger partial charge on any atom is 0.499 e. The molecule has 0 aromatic carbocycles. The first-order valence-corrected chi connectivity index (χ1v) is 6.35. The molecule has 16 heavy (non-hydrogen) atoms. The molecule has 0 N–H and O–H groups in total. The van der Waals surface area contributed by atoms with Gasteiger partial charge in [-0.15, -0.1) is 0 Å². The molecule has 0 bridgehead atoms. The monoisotopic (exact) mass is 334 g/mol. The SMILES string of the molecule is Cn1ncc(B2OC(C)(C)C(C)(C)O2)c1I. The number of aromatic nitrogens is 2. The van der Waals surface area contributed by atoms with Crippen molar-refractivity contribution in [1.29, 1.82) is 0 Å². The summed E-state index contributed by atoms with van der Waals surface area (Å²) >= 11 is 2.25. The minimum atomic E-state index is -0.314. The van der Waals surface area contributed by atoms with Crippen LogP contribution in [0.5, 0.6) is 0 Å². The van der Waals surface area contributed by atoms with Crippen LogP contribution in [0.3, 0.4) is 0 Å². The van der Waals surface area contributed by atoms with Crippen LogP contribution in [0.2, 0.25) is 0 Å². The molecule has 2 heterocycles. The van der Waals surface area contributed by atoms with E-state index in [-0.39, 0.29) is 18.3 Å². The highest BCUT2D eigenvalue weighted by atomic mass is 127. The second kappa shape index (κ2) is 3.71. The van der Waals surface area contributed by atoms with Crippen LogP contribution in [0.15, 0.2) is 6.20 Å². The van der Waals surface area contributed by atoms with E-state index in [0.717, 1.165) is 9.16 Å². The fourth-order valence-corrected chi connectivity index (χ4v) is 2.09. The molecule has 0 saturated carbocycles. The van der Waals surface area contributed by atoms with E-state index in [0.29, 0.717) is 0 Å². The molecular weight excluding hydrogens is 318 g/mol. The molecule has 1 aromatic heterocycles. The van der Waals surface area contributed by atoms with Crippen LogP contribution in [-0.4, -0.2) is 28.1 Å². The maximum absolute atomic E-state index is 5.96. The Morgan fingerprint density at radius 2 is 1.75 bits per heavy atom. The van der Waals surface area contributed by atoms with Crippen molar-refractivity contribution < 1.29 is 9.31 Å². The lowest BCUT2D eigenvalue weighted by Gasteiger charge is -2.32. The van der Waals surface area contributed by atoms with Crippen molar-refractivity contribution in [2.75, 3.05) is 0 Å². The summed E-state index contributed by atoms with van der Waals surface area (Å²) in [6.45, 7) is 8.21. The Labute approximate surface area is 110 Å². The number of rotatable bonds is 1. The van der Waals surface area contributed by atoms with Crippen molar-refractivity contribution >= 4 is 35.2 Å². The lowest BCUT2D eigenvalue weighted by Crippen LogP contribution is -2.41. The van der Waals surface area contributed by atoms with E-state index in [4.69, 9.17) is 9.31 Å². The third-order valence-corrected chi connectivity index (χ3v) is 4.72. The van der Waals surface area contributed by atoms with Gasteiger partial charge in [0.05, 0.1) is 14.9 Å². The van der Waals surface area contributed by atoms with Gasteiger partial charge in [-0.1, -0.05) is 0 Å². The third-order valence-electron chi connectivity index (χ3n) is 3.40. The molecule has 1 fully saturated rings. The fraction of sp³-hybridized carbons (Fsp3) is 0.700. The summed E-state index contributed by atoms with van der Waals surface area (Å²) in [6, 6.07) is 0. The molecule has 6 heteroatoms. The van der Waals surface area contributed by atoms with Gasteiger partial charge in [0.2, 0.25) is 0 Å². The van der Waals surface area contributed by atoms with Crippen LogP contribution in [0.25, 0.3) is 0 Å². The maximum atomic E-state index is 5.96. The second-order valence-electron chi connectivity index (χ2n) is 5.10. The van der Waals surface area contributed by atoms with E-state index in [1.54, 1.807) is 0 Å². The number of aryl methyl sites for hydroxylation is 1. The van der Waals surface area contributed by atoms with Gasteiger partial charge in [-0.05, 0) is 50.3 Å². The zero-order valence-electron chi connectivity index (χ0n) is 10.2. The highest BCUT2D eigenvalue weighted by molar-refractivity contribution is 14.1. The normalized spacial score (nSPS) is 22.8. The van der Waals surface area contributed by atoms with Crippen molar-refractivity contribution in [2.45, 2.75) is 38.9 Å². The van der Waals surface area contributed by atoms with E-state index < -0.39 is 0 Å². The van der Waals surface area contributed by atoms with Gasteiger partial charge in [-0.25, -0.2) is 0 Å². The Morgan fingerprint density at radius 1 is 1.25 bits per heavy atom. The quantitative estimate of drug-likeness (QED) is 0.574. The summed E-state index contributed by atoms with van der Waals surface area (Å²) in [5, 5.41) is 4.21. The molecule has 0 unspecified atom stereocenters. The number of hydrogen-bond acceptors (Lipinski definition) is 3. The second-order valence-corrected chi connectivity index (χ2v) is 6.12. The molecule has 0 aliphatic carbocycles.